The second-order valence-electron chi connectivity index (χ2n) is 10.1. The highest BCUT2D eigenvalue weighted by atomic mass is 79.9. The van der Waals surface area contributed by atoms with Crippen molar-refractivity contribution in [3.05, 3.63) is 129 Å². The van der Waals surface area contributed by atoms with Crippen LogP contribution in [0.3, 0.4) is 0 Å². The number of carbonyl (C=O) groups excluding carboxylic acids is 2. The van der Waals surface area contributed by atoms with Crippen LogP contribution in [0.1, 0.15) is 24.5 Å². The molecule has 0 bridgehead atoms. The zero-order valence-corrected chi connectivity index (χ0v) is 27.9. The lowest BCUT2D eigenvalue weighted by Crippen LogP contribution is -2.53. The van der Waals surface area contributed by atoms with Gasteiger partial charge < -0.3 is 10.2 Å². The molecular formula is C33H32BrCl2N3O4S. The summed E-state index contributed by atoms with van der Waals surface area (Å²) in [6.07, 6.45) is 0.946. The first-order valence-electron chi connectivity index (χ1n) is 14.0. The quantitative estimate of drug-likeness (QED) is 0.160. The summed E-state index contributed by atoms with van der Waals surface area (Å²) in [5.74, 6) is -0.890. The molecule has 44 heavy (non-hydrogen) atoms. The second-order valence-corrected chi connectivity index (χ2v) is 13.7. The molecule has 230 valence electrons. The Morgan fingerprint density at radius 3 is 2.09 bits per heavy atom. The van der Waals surface area contributed by atoms with E-state index in [0.29, 0.717) is 13.0 Å². The van der Waals surface area contributed by atoms with E-state index in [1.54, 1.807) is 18.2 Å². The minimum atomic E-state index is -4.23. The van der Waals surface area contributed by atoms with Crippen LogP contribution in [0.15, 0.2) is 112 Å². The number of halogens is 3. The van der Waals surface area contributed by atoms with Gasteiger partial charge in [0.25, 0.3) is 10.0 Å². The van der Waals surface area contributed by atoms with E-state index in [-0.39, 0.29) is 39.5 Å². The van der Waals surface area contributed by atoms with Crippen molar-refractivity contribution in [3.63, 3.8) is 0 Å². The van der Waals surface area contributed by atoms with Crippen LogP contribution in [0.5, 0.6) is 0 Å². The van der Waals surface area contributed by atoms with Crippen molar-refractivity contribution in [2.75, 3.05) is 17.4 Å². The van der Waals surface area contributed by atoms with Gasteiger partial charge in [-0.05, 0) is 60.0 Å². The molecule has 0 saturated heterocycles. The summed E-state index contributed by atoms with van der Waals surface area (Å²) in [7, 11) is -4.23. The van der Waals surface area contributed by atoms with Gasteiger partial charge in [-0.15, -0.1) is 0 Å². The number of benzene rings is 4. The first-order valence-corrected chi connectivity index (χ1v) is 17.0. The van der Waals surface area contributed by atoms with Gasteiger partial charge in [0.2, 0.25) is 11.8 Å². The number of amides is 2. The van der Waals surface area contributed by atoms with Gasteiger partial charge in [0.1, 0.15) is 12.6 Å². The Morgan fingerprint density at radius 1 is 0.841 bits per heavy atom. The Bertz CT molecular complexity index is 1670. The van der Waals surface area contributed by atoms with Gasteiger partial charge >= 0.3 is 0 Å². The lowest BCUT2D eigenvalue weighted by Gasteiger charge is -2.34. The van der Waals surface area contributed by atoms with Crippen molar-refractivity contribution in [1.82, 2.24) is 10.2 Å². The summed E-state index contributed by atoms with van der Waals surface area (Å²) >= 11 is 15.9. The van der Waals surface area contributed by atoms with E-state index in [0.717, 1.165) is 19.9 Å². The molecule has 4 aromatic carbocycles. The predicted octanol–water partition coefficient (Wildman–Crippen LogP) is 7.12. The smallest absolute Gasteiger partial charge is 0.264 e. The van der Waals surface area contributed by atoms with E-state index < -0.39 is 28.5 Å². The zero-order valence-electron chi connectivity index (χ0n) is 24.0. The van der Waals surface area contributed by atoms with Gasteiger partial charge in [0.15, 0.2) is 0 Å². The summed E-state index contributed by atoms with van der Waals surface area (Å²) in [6, 6.07) is 28.1. The van der Waals surface area contributed by atoms with Crippen LogP contribution in [-0.4, -0.2) is 44.3 Å². The van der Waals surface area contributed by atoms with E-state index in [2.05, 4.69) is 21.2 Å². The summed E-state index contributed by atoms with van der Waals surface area (Å²) in [6.45, 7) is 1.87. The van der Waals surface area contributed by atoms with Gasteiger partial charge in [0.05, 0.1) is 20.6 Å². The SMILES string of the molecule is CCCNC(=O)[C@@H](Cc1ccccc1)N(Cc1ccc(Br)cc1)C(=O)CN(c1ccc(Cl)c(Cl)c1)S(=O)(=O)c1ccccc1. The van der Waals surface area contributed by atoms with Crippen molar-refractivity contribution in [1.29, 1.82) is 0 Å². The molecule has 4 rings (SSSR count). The summed E-state index contributed by atoms with van der Waals surface area (Å²) in [4.78, 5) is 29.5. The summed E-state index contributed by atoms with van der Waals surface area (Å²) < 4.78 is 29.9. The molecule has 4 aromatic rings. The molecule has 0 aliphatic carbocycles. The first kappa shape index (κ1) is 33.5. The number of nitrogens with zero attached hydrogens (tertiary/aromatic N) is 2. The largest absolute Gasteiger partial charge is 0.354 e. The highest BCUT2D eigenvalue weighted by molar-refractivity contribution is 9.10. The van der Waals surface area contributed by atoms with E-state index in [4.69, 9.17) is 23.2 Å². The zero-order chi connectivity index (χ0) is 31.7. The maximum absolute atomic E-state index is 14.4. The van der Waals surface area contributed by atoms with E-state index in [1.165, 1.54) is 35.2 Å². The van der Waals surface area contributed by atoms with Crippen molar-refractivity contribution < 1.29 is 18.0 Å². The predicted molar refractivity (Wildman–Crippen MR) is 179 cm³/mol. The van der Waals surface area contributed by atoms with Crippen LogP contribution < -0.4 is 9.62 Å². The van der Waals surface area contributed by atoms with Crippen molar-refractivity contribution in [3.8, 4) is 0 Å². The normalized spacial score (nSPS) is 11.9. The van der Waals surface area contributed by atoms with Crippen LogP contribution in [-0.2, 0) is 32.6 Å². The van der Waals surface area contributed by atoms with Gasteiger partial charge in [-0.2, -0.15) is 0 Å². The molecular weight excluding hydrogens is 685 g/mol. The minimum Gasteiger partial charge on any atom is -0.354 e. The lowest BCUT2D eigenvalue weighted by atomic mass is 10.0. The third-order valence-electron chi connectivity index (χ3n) is 6.89. The van der Waals surface area contributed by atoms with Gasteiger partial charge in [-0.1, -0.05) is 107 Å². The van der Waals surface area contributed by atoms with Crippen molar-refractivity contribution in [2.24, 2.45) is 0 Å². The molecule has 0 unspecified atom stereocenters. The minimum absolute atomic E-state index is 0.000133. The maximum Gasteiger partial charge on any atom is 0.264 e. The molecule has 11 heteroatoms. The second kappa shape index (κ2) is 15.6. The lowest BCUT2D eigenvalue weighted by molar-refractivity contribution is -0.140. The number of nitrogens with one attached hydrogen (secondary N) is 1. The Hall–Kier alpha value is -3.37. The van der Waals surface area contributed by atoms with Crippen LogP contribution in [0.2, 0.25) is 10.0 Å². The molecule has 0 aliphatic heterocycles. The van der Waals surface area contributed by atoms with E-state index >= 15 is 0 Å². The molecule has 1 atom stereocenters. The molecule has 0 aliphatic rings. The van der Waals surface area contributed by atoms with Gasteiger partial charge in [0, 0.05) is 24.0 Å². The van der Waals surface area contributed by atoms with Gasteiger partial charge in [-0.25, -0.2) is 8.42 Å². The van der Waals surface area contributed by atoms with Crippen LogP contribution in [0, 0.1) is 0 Å². The number of carbonyl (C=O) groups is 2. The van der Waals surface area contributed by atoms with Crippen LogP contribution >= 0.6 is 39.1 Å². The number of hydrogen-bond acceptors (Lipinski definition) is 4. The Morgan fingerprint density at radius 2 is 1.48 bits per heavy atom. The van der Waals surface area contributed by atoms with Crippen molar-refractivity contribution in [2.45, 2.75) is 37.2 Å². The number of hydrogen-bond donors (Lipinski definition) is 1. The fraction of sp³-hybridized carbons (Fsp3) is 0.212. The third-order valence-corrected chi connectivity index (χ3v) is 9.94. The third kappa shape index (κ3) is 8.63. The molecule has 0 radical (unpaired) electrons. The molecule has 0 fully saturated rings. The highest BCUT2D eigenvalue weighted by Gasteiger charge is 2.34. The summed E-state index contributed by atoms with van der Waals surface area (Å²) in [5.41, 5.74) is 1.79. The summed E-state index contributed by atoms with van der Waals surface area (Å²) in [5, 5.41) is 3.31. The monoisotopic (exact) mass is 715 g/mol. The Balaban J connectivity index is 1.80. The number of sulfonamides is 1. The molecule has 1 N–H and O–H groups in total. The average Bonchev–Trinajstić information content (AvgIpc) is 3.03. The first-order chi connectivity index (χ1) is 21.1. The number of anilines is 1. The van der Waals surface area contributed by atoms with E-state index in [9.17, 15) is 18.0 Å². The molecule has 7 nitrogen and oxygen atoms in total. The maximum atomic E-state index is 14.4. The fourth-order valence-corrected chi connectivity index (χ4v) is 6.58. The van der Waals surface area contributed by atoms with E-state index in [1.807, 2.05) is 61.5 Å². The standard InChI is InChI=1S/C33H32BrCl2N3O4S/c1-2-19-37-33(41)31(20-24-9-5-3-6-10-24)38(22-25-13-15-26(34)16-14-25)32(40)23-39(27-17-18-29(35)30(36)21-27)44(42,43)28-11-7-4-8-12-28/h3-18,21,31H,2,19-20,22-23H2,1H3,(H,37,41)/t31-/m1/s1. The Labute approximate surface area is 277 Å². The molecule has 0 aromatic heterocycles. The average molecular weight is 718 g/mol. The Kier molecular flexibility index (Phi) is 11.9. The highest BCUT2D eigenvalue weighted by Crippen LogP contribution is 2.31. The fourth-order valence-electron chi connectivity index (χ4n) is 4.60. The van der Waals surface area contributed by atoms with Crippen LogP contribution in [0.25, 0.3) is 0 Å². The topological polar surface area (TPSA) is 86.8 Å². The van der Waals surface area contributed by atoms with Crippen LogP contribution in [0.4, 0.5) is 5.69 Å². The molecule has 0 spiro atoms. The molecule has 0 saturated carbocycles. The van der Waals surface area contributed by atoms with Gasteiger partial charge in [-0.3, -0.25) is 13.9 Å². The van der Waals surface area contributed by atoms with Crippen molar-refractivity contribution >= 4 is 66.7 Å². The molecule has 0 heterocycles. The molecule has 2 amide bonds. The number of rotatable bonds is 13.